The van der Waals surface area contributed by atoms with Crippen molar-refractivity contribution in [1.82, 2.24) is 0 Å². The first-order chi connectivity index (χ1) is 7.54. The van der Waals surface area contributed by atoms with Gasteiger partial charge in [-0.2, -0.15) is 0 Å². The Bertz CT molecular complexity index is 394. The van der Waals surface area contributed by atoms with E-state index in [4.69, 9.17) is 27.9 Å². The van der Waals surface area contributed by atoms with Crippen molar-refractivity contribution in [3.05, 3.63) is 27.7 Å². The van der Waals surface area contributed by atoms with Crippen molar-refractivity contribution in [2.75, 3.05) is 18.5 Å². The number of hydrogen-bond acceptors (Lipinski definition) is 3. The van der Waals surface area contributed by atoms with Gasteiger partial charge in [0.1, 0.15) is 6.54 Å². The van der Waals surface area contributed by atoms with E-state index >= 15 is 0 Å². The van der Waals surface area contributed by atoms with Crippen LogP contribution in [-0.4, -0.2) is 19.1 Å². The second-order valence-corrected chi connectivity index (χ2v) is 4.05. The maximum absolute atomic E-state index is 11.1. The summed E-state index contributed by atoms with van der Waals surface area (Å²) in [4.78, 5) is 11.1. The Morgan fingerprint density at radius 1 is 1.38 bits per heavy atom. The quantitative estimate of drug-likeness (QED) is 0.846. The summed E-state index contributed by atoms with van der Waals surface area (Å²) in [6.45, 7) is 4.06. The van der Waals surface area contributed by atoms with Crippen LogP contribution in [0.1, 0.15) is 12.5 Å². The lowest BCUT2D eigenvalue weighted by Gasteiger charge is -2.09. The highest BCUT2D eigenvalue weighted by Crippen LogP contribution is 2.28. The van der Waals surface area contributed by atoms with Crippen LogP contribution in [0.5, 0.6) is 0 Å². The van der Waals surface area contributed by atoms with E-state index in [0.29, 0.717) is 22.3 Å². The van der Waals surface area contributed by atoms with Gasteiger partial charge in [0.25, 0.3) is 0 Å². The number of anilines is 1. The molecule has 0 aromatic heterocycles. The number of aryl methyl sites for hydroxylation is 1. The molecule has 0 aliphatic rings. The minimum Gasteiger partial charge on any atom is -0.465 e. The van der Waals surface area contributed by atoms with Gasteiger partial charge in [0.2, 0.25) is 0 Å². The maximum Gasteiger partial charge on any atom is 0.325 e. The molecule has 0 radical (unpaired) electrons. The van der Waals surface area contributed by atoms with Gasteiger partial charge in [-0.3, -0.25) is 4.79 Å². The van der Waals surface area contributed by atoms with E-state index in [9.17, 15) is 4.79 Å². The third-order valence-electron chi connectivity index (χ3n) is 1.98. The van der Waals surface area contributed by atoms with Crippen LogP contribution < -0.4 is 5.32 Å². The van der Waals surface area contributed by atoms with Crippen LogP contribution in [0, 0.1) is 6.92 Å². The molecule has 0 spiro atoms. The lowest BCUT2D eigenvalue weighted by molar-refractivity contribution is -0.140. The first-order valence-corrected chi connectivity index (χ1v) is 5.65. The molecule has 16 heavy (non-hydrogen) atoms. The molecule has 5 heteroatoms. The van der Waals surface area contributed by atoms with Gasteiger partial charge in [-0.1, -0.05) is 23.2 Å². The van der Waals surface area contributed by atoms with Crippen LogP contribution in [0.15, 0.2) is 12.1 Å². The molecular weight excluding hydrogens is 249 g/mol. The second-order valence-electron chi connectivity index (χ2n) is 3.24. The molecule has 0 bridgehead atoms. The molecule has 0 fully saturated rings. The van der Waals surface area contributed by atoms with E-state index in [1.165, 1.54) is 0 Å². The molecule has 1 N–H and O–H groups in total. The van der Waals surface area contributed by atoms with Crippen LogP contribution in [0.4, 0.5) is 5.69 Å². The fourth-order valence-electron chi connectivity index (χ4n) is 1.16. The smallest absolute Gasteiger partial charge is 0.325 e. The molecular formula is C11H13Cl2NO2. The van der Waals surface area contributed by atoms with Gasteiger partial charge >= 0.3 is 5.97 Å². The van der Waals surface area contributed by atoms with Crippen molar-refractivity contribution >= 4 is 34.9 Å². The van der Waals surface area contributed by atoms with Crippen molar-refractivity contribution in [3.63, 3.8) is 0 Å². The zero-order valence-electron chi connectivity index (χ0n) is 9.14. The highest BCUT2D eigenvalue weighted by atomic mass is 35.5. The molecule has 0 atom stereocenters. The number of carbonyl (C=O) groups excluding carboxylic acids is 1. The summed E-state index contributed by atoms with van der Waals surface area (Å²) in [7, 11) is 0. The molecule has 1 aromatic rings. The first-order valence-electron chi connectivity index (χ1n) is 4.89. The Morgan fingerprint density at radius 3 is 2.69 bits per heavy atom. The van der Waals surface area contributed by atoms with Crippen molar-refractivity contribution in [2.24, 2.45) is 0 Å². The number of benzene rings is 1. The van der Waals surface area contributed by atoms with Crippen molar-refractivity contribution < 1.29 is 9.53 Å². The molecule has 1 rings (SSSR count). The molecule has 3 nitrogen and oxygen atoms in total. The van der Waals surface area contributed by atoms with Gasteiger partial charge in [-0.05, 0) is 31.5 Å². The third-order valence-corrected chi connectivity index (χ3v) is 2.70. The topological polar surface area (TPSA) is 38.3 Å². The van der Waals surface area contributed by atoms with Gasteiger partial charge in [0.05, 0.1) is 17.3 Å². The Morgan fingerprint density at radius 2 is 2.06 bits per heavy atom. The van der Waals surface area contributed by atoms with Gasteiger partial charge in [0.15, 0.2) is 0 Å². The summed E-state index contributed by atoms with van der Waals surface area (Å²) in [5.41, 5.74) is 1.53. The van der Waals surface area contributed by atoms with Gasteiger partial charge < -0.3 is 10.1 Å². The number of ether oxygens (including phenoxy) is 1. The van der Waals surface area contributed by atoms with E-state index in [0.717, 1.165) is 5.56 Å². The zero-order chi connectivity index (χ0) is 12.1. The molecule has 0 aliphatic heterocycles. The monoisotopic (exact) mass is 261 g/mol. The Kier molecular flexibility index (Phi) is 4.90. The summed E-state index contributed by atoms with van der Waals surface area (Å²) in [6.07, 6.45) is 0. The highest BCUT2D eigenvalue weighted by molar-refractivity contribution is 6.35. The summed E-state index contributed by atoms with van der Waals surface area (Å²) < 4.78 is 4.78. The fourth-order valence-corrected chi connectivity index (χ4v) is 1.61. The normalized spacial score (nSPS) is 10.0. The lowest BCUT2D eigenvalue weighted by atomic mass is 10.2. The molecule has 0 heterocycles. The summed E-state index contributed by atoms with van der Waals surface area (Å²) >= 11 is 11.9. The molecule has 0 aliphatic carbocycles. The number of halogens is 2. The average Bonchev–Trinajstić information content (AvgIpc) is 2.22. The van der Waals surface area contributed by atoms with Gasteiger partial charge in [-0.15, -0.1) is 0 Å². The van der Waals surface area contributed by atoms with Crippen molar-refractivity contribution in [3.8, 4) is 0 Å². The molecule has 88 valence electrons. The van der Waals surface area contributed by atoms with E-state index in [1.54, 1.807) is 19.1 Å². The van der Waals surface area contributed by atoms with Gasteiger partial charge in [0, 0.05) is 5.02 Å². The Labute approximate surface area is 105 Å². The van der Waals surface area contributed by atoms with Crippen LogP contribution in [0.2, 0.25) is 10.0 Å². The molecule has 0 saturated heterocycles. The predicted octanol–water partition coefficient (Wildman–Crippen LogP) is 3.28. The van der Waals surface area contributed by atoms with E-state index in [2.05, 4.69) is 5.32 Å². The standard InChI is InChI=1S/C11H13Cl2NO2/c1-3-16-11(15)6-14-10-5-8(12)7(2)4-9(10)13/h4-5,14H,3,6H2,1-2H3. The number of carbonyl (C=O) groups is 1. The summed E-state index contributed by atoms with van der Waals surface area (Å²) in [6, 6.07) is 3.44. The second kappa shape index (κ2) is 5.97. The molecule has 0 amide bonds. The van der Waals surface area contributed by atoms with Crippen molar-refractivity contribution in [1.29, 1.82) is 0 Å². The highest BCUT2D eigenvalue weighted by Gasteiger charge is 2.06. The largest absolute Gasteiger partial charge is 0.465 e. The third kappa shape index (κ3) is 3.58. The van der Waals surface area contributed by atoms with Crippen LogP contribution in [0.25, 0.3) is 0 Å². The molecule has 0 saturated carbocycles. The molecule has 1 aromatic carbocycles. The fraction of sp³-hybridized carbons (Fsp3) is 0.364. The number of nitrogens with one attached hydrogen (secondary N) is 1. The van der Waals surface area contributed by atoms with Crippen LogP contribution in [0.3, 0.4) is 0 Å². The van der Waals surface area contributed by atoms with E-state index in [-0.39, 0.29) is 12.5 Å². The van der Waals surface area contributed by atoms with Crippen LogP contribution in [-0.2, 0) is 9.53 Å². The lowest BCUT2D eigenvalue weighted by Crippen LogP contribution is -2.16. The minimum atomic E-state index is -0.324. The average molecular weight is 262 g/mol. The van der Waals surface area contributed by atoms with Gasteiger partial charge in [-0.25, -0.2) is 0 Å². The Balaban J connectivity index is 2.67. The van der Waals surface area contributed by atoms with E-state index in [1.807, 2.05) is 6.92 Å². The molecule has 0 unspecified atom stereocenters. The first kappa shape index (κ1) is 13.1. The van der Waals surface area contributed by atoms with E-state index < -0.39 is 0 Å². The zero-order valence-corrected chi connectivity index (χ0v) is 10.7. The number of hydrogen-bond donors (Lipinski definition) is 1. The maximum atomic E-state index is 11.1. The SMILES string of the molecule is CCOC(=O)CNc1cc(Cl)c(C)cc1Cl. The number of esters is 1. The summed E-state index contributed by atoms with van der Waals surface area (Å²) in [5.74, 6) is -0.324. The summed E-state index contributed by atoms with van der Waals surface area (Å²) in [5, 5.41) is 4.02. The number of rotatable bonds is 4. The van der Waals surface area contributed by atoms with Crippen molar-refractivity contribution in [2.45, 2.75) is 13.8 Å². The predicted molar refractivity (Wildman–Crippen MR) is 66.3 cm³/mol. The Hall–Kier alpha value is -0.930. The van der Waals surface area contributed by atoms with Crippen LogP contribution >= 0.6 is 23.2 Å². The minimum absolute atomic E-state index is 0.0763.